The van der Waals surface area contributed by atoms with Gasteiger partial charge in [-0.3, -0.25) is 5.32 Å². The molecular formula is C24H28F2N2O3. The Hall–Kier alpha value is -2.51. The number of likely N-dealkylation sites (tertiary alicyclic amines) is 1. The second-order valence-electron chi connectivity index (χ2n) is 8.72. The monoisotopic (exact) mass is 430 g/mol. The Morgan fingerprint density at radius 2 is 1.55 bits per heavy atom. The van der Waals surface area contributed by atoms with Crippen molar-refractivity contribution in [3.63, 3.8) is 0 Å². The van der Waals surface area contributed by atoms with E-state index in [1.165, 1.54) is 24.3 Å². The van der Waals surface area contributed by atoms with E-state index in [9.17, 15) is 18.7 Å². The Kier molecular flexibility index (Phi) is 5.99. The highest BCUT2D eigenvalue weighted by molar-refractivity contribution is 5.71. The number of piperidine rings is 1. The van der Waals surface area contributed by atoms with Crippen LogP contribution in [0.1, 0.15) is 49.7 Å². The van der Waals surface area contributed by atoms with Gasteiger partial charge in [0.2, 0.25) is 0 Å². The third-order valence-electron chi connectivity index (χ3n) is 6.70. The van der Waals surface area contributed by atoms with Crippen LogP contribution in [0.5, 0.6) is 0 Å². The molecule has 31 heavy (non-hydrogen) atoms. The van der Waals surface area contributed by atoms with E-state index in [-0.39, 0.29) is 17.6 Å². The largest absolute Gasteiger partial charge is 0.438 e. The van der Waals surface area contributed by atoms with Crippen molar-refractivity contribution in [3.8, 4) is 0 Å². The van der Waals surface area contributed by atoms with Crippen LogP contribution >= 0.6 is 0 Å². The second kappa shape index (κ2) is 8.55. The summed E-state index contributed by atoms with van der Waals surface area (Å²) < 4.78 is 32.2. The molecule has 5 nitrogen and oxygen atoms in total. The first-order valence-corrected chi connectivity index (χ1v) is 10.7. The van der Waals surface area contributed by atoms with Crippen LogP contribution in [-0.2, 0) is 4.74 Å². The zero-order valence-electron chi connectivity index (χ0n) is 17.6. The molecule has 166 valence electrons. The minimum atomic E-state index is -1.35. The lowest BCUT2D eigenvalue weighted by Crippen LogP contribution is -2.59. The number of halogens is 2. The van der Waals surface area contributed by atoms with Gasteiger partial charge in [0.1, 0.15) is 11.6 Å². The quantitative estimate of drug-likeness (QED) is 0.723. The number of ether oxygens (including phenoxy) is 1. The van der Waals surface area contributed by atoms with Gasteiger partial charge in [-0.2, -0.15) is 0 Å². The molecule has 2 N–H and O–H groups in total. The van der Waals surface area contributed by atoms with Crippen LogP contribution in [0, 0.1) is 11.6 Å². The van der Waals surface area contributed by atoms with Crippen molar-refractivity contribution in [2.75, 3.05) is 19.6 Å². The molecule has 2 saturated heterocycles. The van der Waals surface area contributed by atoms with E-state index in [1.54, 1.807) is 31.2 Å². The fourth-order valence-electron chi connectivity index (χ4n) is 4.78. The van der Waals surface area contributed by atoms with Crippen LogP contribution in [0.25, 0.3) is 0 Å². The highest BCUT2D eigenvalue weighted by atomic mass is 19.1. The number of hydrogen-bond acceptors (Lipinski definition) is 4. The lowest BCUT2D eigenvalue weighted by molar-refractivity contribution is -0.132. The fraction of sp³-hybridized carbons (Fsp3) is 0.458. The molecule has 0 aromatic heterocycles. The van der Waals surface area contributed by atoms with Crippen molar-refractivity contribution in [3.05, 3.63) is 71.3 Å². The van der Waals surface area contributed by atoms with Crippen molar-refractivity contribution in [2.45, 2.75) is 49.9 Å². The highest BCUT2D eigenvalue weighted by Gasteiger charge is 2.57. The fourth-order valence-corrected chi connectivity index (χ4v) is 4.78. The van der Waals surface area contributed by atoms with E-state index in [1.807, 2.05) is 0 Å². The molecule has 2 aromatic carbocycles. The molecule has 1 spiro atoms. The molecule has 4 rings (SSSR count). The van der Waals surface area contributed by atoms with Gasteiger partial charge in [-0.1, -0.05) is 24.3 Å². The first kappa shape index (κ1) is 21.7. The third-order valence-corrected chi connectivity index (χ3v) is 6.70. The Morgan fingerprint density at radius 1 is 1.03 bits per heavy atom. The molecule has 2 aliphatic rings. The number of carbonyl (C=O) groups excluding carboxylic acids is 1. The second-order valence-corrected chi connectivity index (χ2v) is 8.72. The van der Waals surface area contributed by atoms with Crippen LogP contribution in [0.3, 0.4) is 0 Å². The molecule has 2 fully saturated rings. The van der Waals surface area contributed by atoms with Crippen LogP contribution in [0.2, 0.25) is 0 Å². The van der Waals surface area contributed by atoms with Gasteiger partial charge < -0.3 is 14.7 Å². The molecule has 7 heteroatoms. The number of hydrogen-bond donors (Lipinski definition) is 2. The maximum Gasteiger partial charge on any atom is 0.410 e. The summed E-state index contributed by atoms with van der Waals surface area (Å²) in [6, 6.07) is 13.0. The van der Waals surface area contributed by atoms with E-state index in [0.29, 0.717) is 12.8 Å². The van der Waals surface area contributed by atoms with Gasteiger partial charge in [-0.15, -0.1) is 0 Å². The van der Waals surface area contributed by atoms with Gasteiger partial charge in [0, 0.05) is 31.8 Å². The summed E-state index contributed by atoms with van der Waals surface area (Å²) in [5.41, 5.74) is -0.214. The number of aliphatic hydroxyl groups is 1. The van der Waals surface area contributed by atoms with Crippen LogP contribution in [-0.4, -0.2) is 47.1 Å². The molecule has 0 saturated carbocycles. The number of carbonyl (C=O) groups is 1. The van der Waals surface area contributed by atoms with E-state index >= 15 is 0 Å². The summed E-state index contributed by atoms with van der Waals surface area (Å²) in [4.78, 5) is 13.9. The van der Waals surface area contributed by atoms with E-state index in [4.69, 9.17) is 4.74 Å². The number of rotatable bonds is 6. The standard InChI is InChI=1S/C24H28F2N2O3/c1-23(30)24(31-22(29)27-23)12-15-28(16-13-24)14-2-3-21(17-4-8-19(25)9-5-17)18-6-10-20(26)11-7-18/h4-11,21,30H,2-3,12-16H2,1H3,(H,27,29). The van der Waals surface area contributed by atoms with Crippen molar-refractivity contribution < 1.29 is 23.4 Å². The van der Waals surface area contributed by atoms with Gasteiger partial charge in [-0.05, 0) is 61.7 Å². The SMILES string of the molecule is CC1(O)NC(=O)OC12CCN(CCCC(c1ccc(F)cc1)c1ccc(F)cc1)CC2. The van der Waals surface area contributed by atoms with Crippen molar-refractivity contribution in [2.24, 2.45) is 0 Å². The lowest BCUT2D eigenvalue weighted by atomic mass is 9.82. The predicted molar refractivity (Wildman–Crippen MR) is 113 cm³/mol. The van der Waals surface area contributed by atoms with Gasteiger partial charge >= 0.3 is 6.09 Å². The van der Waals surface area contributed by atoms with Gasteiger partial charge in [0.05, 0.1) is 0 Å². The predicted octanol–water partition coefficient (Wildman–Crippen LogP) is 4.16. The van der Waals surface area contributed by atoms with E-state index in [2.05, 4.69) is 10.2 Å². The lowest BCUT2D eigenvalue weighted by Gasteiger charge is -2.43. The normalized spacial score (nSPS) is 23.2. The minimum Gasteiger partial charge on any atom is -0.438 e. The first-order valence-electron chi connectivity index (χ1n) is 10.7. The molecule has 2 aromatic rings. The van der Waals surface area contributed by atoms with Crippen molar-refractivity contribution in [1.82, 2.24) is 10.2 Å². The van der Waals surface area contributed by atoms with Gasteiger partial charge in [0.25, 0.3) is 0 Å². The number of alkyl carbamates (subject to hydrolysis) is 1. The molecule has 1 unspecified atom stereocenters. The summed E-state index contributed by atoms with van der Waals surface area (Å²) >= 11 is 0. The highest BCUT2D eigenvalue weighted by Crippen LogP contribution is 2.39. The Bertz CT molecular complexity index is 862. The minimum absolute atomic E-state index is 0.0538. The van der Waals surface area contributed by atoms with Crippen molar-refractivity contribution >= 4 is 6.09 Å². The molecular weight excluding hydrogens is 402 g/mol. The van der Waals surface area contributed by atoms with Crippen LogP contribution in [0.15, 0.2) is 48.5 Å². The molecule has 0 bridgehead atoms. The molecule has 2 heterocycles. The van der Waals surface area contributed by atoms with Crippen molar-refractivity contribution in [1.29, 1.82) is 0 Å². The number of benzene rings is 2. The topological polar surface area (TPSA) is 61.8 Å². The number of nitrogens with one attached hydrogen (secondary N) is 1. The smallest absolute Gasteiger partial charge is 0.410 e. The molecule has 0 radical (unpaired) electrons. The zero-order valence-corrected chi connectivity index (χ0v) is 17.6. The molecule has 1 amide bonds. The zero-order chi connectivity index (χ0) is 22.1. The molecule has 0 aliphatic carbocycles. The average molecular weight is 430 g/mol. The van der Waals surface area contributed by atoms with Crippen LogP contribution < -0.4 is 5.32 Å². The average Bonchev–Trinajstić information content (AvgIpc) is 2.96. The van der Waals surface area contributed by atoms with Gasteiger partial charge in [0.15, 0.2) is 11.3 Å². The van der Waals surface area contributed by atoms with Gasteiger partial charge in [-0.25, -0.2) is 13.6 Å². The van der Waals surface area contributed by atoms with E-state index < -0.39 is 17.4 Å². The summed E-state index contributed by atoms with van der Waals surface area (Å²) in [6.45, 7) is 3.90. The first-order chi connectivity index (χ1) is 14.8. The Labute approximate surface area is 181 Å². The number of nitrogens with zero attached hydrogens (tertiary/aromatic N) is 1. The van der Waals surface area contributed by atoms with E-state index in [0.717, 1.165) is 43.6 Å². The summed E-state index contributed by atoms with van der Waals surface area (Å²) in [6.07, 6.45) is 2.31. The maximum atomic E-state index is 13.4. The third kappa shape index (κ3) is 4.57. The summed E-state index contributed by atoms with van der Waals surface area (Å²) in [5, 5.41) is 13.0. The summed E-state index contributed by atoms with van der Waals surface area (Å²) in [5.74, 6) is -0.498. The van der Waals surface area contributed by atoms with Crippen LogP contribution in [0.4, 0.5) is 13.6 Å². The molecule has 2 aliphatic heterocycles. The number of amides is 1. The summed E-state index contributed by atoms with van der Waals surface area (Å²) in [7, 11) is 0. The molecule has 1 atom stereocenters. The maximum absolute atomic E-state index is 13.4. The Balaban J connectivity index is 1.37. The Morgan fingerprint density at radius 3 is 2.00 bits per heavy atom.